The molecule has 6 rings (SSSR count). The number of carbonyl (C=O) groups excluding carboxylic acids is 1. The molecular weight excluding hydrogens is 438 g/mol. The first-order valence-electron chi connectivity index (χ1n) is 10.0. The topological polar surface area (TPSA) is 107 Å². The third-order valence-corrected chi connectivity index (χ3v) is 6.31. The number of carbonyl (C=O) groups is 1. The number of aromatic nitrogens is 4. The van der Waals surface area contributed by atoms with Crippen LogP contribution in [0.25, 0.3) is 39.4 Å². The van der Waals surface area contributed by atoms with Crippen LogP contribution in [0.4, 0.5) is 0 Å². The van der Waals surface area contributed by atoms with Gasteiger partial charge in [-0.3, -0.25) is 9.59 Å². The lowest BCUT2D eigenvalue weighted by molar-refractivity contribution is 0.0933. The predicted octanol–water partition coefficient (Wildman–Crippen LogP) is 4.13. The van der Waals surface area contributed by atoms with Gasteiger partial charge >= 0.3 is 0 Å². The van der Waals surface area contributed by atoms with Gasteiger partial charge in [0, 0.05) is 11.6 Å². The Morgan fingerprint density at radius 2 is 1.82 bits per heavy atom. The largest absolute Gasteiger partial charge is 0.454 e. The lowest BCUT2D eigenvalue weighted by Gasteiger charge is -2.06. The van der Waals surface area contributed by atoms with Crippen molar-refractivity contribution in [3.05, 3.63) is 82.8 Å². The summed E-state index contributed by atoms with van der Waals surface area (Å²) in [6, 6.07) is 20.8. The average molecular weight is 451 g/mol. The van der Waals surface area contributed by atoms with Crippen molar-refractivity contribution in [2.24, 2.45) is 0 Å². The van der Waals surface area contributed by atoms with Gasteiger partial charge in [0.1, 0.15) is 28.6 Å². The smallest absolute Gasteiger partial charge is 0.279 e. The summed E-state index contributed by atoms with van der Waals surface area (Å²) in [5.74, 6) is 0.208. The van der Waals surface area contributed by atoms with Crippen LogP contribution in [0.3, 0.4) is 0 Å². The summed E-state index contributed by atoms with van der Waals surface area (Å²) >= 11 is 1.17. The van der Waals surface area contributed by atoms with Gasteiger partial charge in [0.05, 0.1) is 17.0 Å². The van der Waals surface area contributed by atoms with Gasteiger partial charge < -0.3 is 4.42 Å². The van der Waals surface area contributed by atoms with E-state index in [0.29, 0.717) is 22.6 Å². The van der Waals surface area contributed by atoms with Crippen molar-refractivity contribution in [2.45, 2.75) is 5.16 Å². The summed E-state index contributed by atoms with van der Waals surface area (Å²) in [6.45, 7) is 0. The second-order valence-electron chi connectivity index (χ2n) is 7.37. The third-order valence-electron chi connectivity index (χ3n) is 5.39. The highest BCUT2D eigenvalue weighted by atomic mass is 32.2. The molecule has 5 aromatic rings. The Hall–Kier alpha value is -4.42. The van der Waals surface area contributed by atoms with Crippen molar-refractivity contribution >= 4 is 28.6 Å². The lowest BCUT2D eigenvalue weighted by Crippen LogP contribution is -2.28. The molecule has 0 N–H and O–H groups in total. The van der Waals surface area contributed by atoms with E-state index < -0.39 is 5.56 Å². The zero-order valence-corrected chi connectivity index (χ0v) is 17.7. The number of nitrogens with zero attached hydrogens (tertiary/aromatic N) is 5. The van der Waals surface area contributed by atoms with Crippen LogP contribution in [0.15, 0.2) is 81.2 Å². The highest BCUT2D eigenvalue weighted by Crippen LogP contribution is 2.36. The fraction of sp³-hybridized carbons (Fsp3) is 0.0417. The van der Waals surface area contributed by atoms with Gasteiger partial charge in [-0.15, -0.1) is 0 Å². The first-order valence-corrected chi connectivity index (χ1v) is 11.0. The number of hydrogen-bond acceptors (Lipinski definition) is 7. The molecule has 33 heavy (non-hydrogen) atoms. The van der Waals surface area contributed by atoms with Gasteiger partial charge in [-0.1, -0.05) is 48.2 Å². The summed E-state index contributed by atoms with van der Waals surface area (Å²) in [4.78, 5) is 29.7. The van der Waals surface area contributed by atoms with Crippen LogP contribution in [0, 0.1) is 11.3 Å². The zero-order chi connectivity index (χ0) is 22.5. The van der Waals surface area contributed by atoms with E-state index in [4.69, 9.17) is 9.52 Å². The quantitative estimate of drug-likeness (QED) is 0.380. The molecule has 4 heterocycles. The molecule has 0 unspecified atom stereocenters. The van der Waals surface area contributed by atoms with Gasteiger partial charge in [0.15, 0.2) is 10.9 Å². The van der Waals surface area contributed by atoms with E-state index in [1.165, 1.54) is 11.8 Å². The van der Waals surface area contributed by atoms with Crippen LogP contribution < -0.4 is 5.56 Å². The second kappa shape index (κ2) is 7.32. The zero-order valence-electron chi connectivity index (χ0n) is 16.9. The monoisotopic (exact) mass is 451 g/mol. The molecule has 0 fully saturated rings. The molecule has 0 bridgehead atoms. The summed E-state index contributed by atoms with van der Waals surface area (Å²) in [7, 11) is 0. The number of thioether (sulfide) groups is 1. The standard InChI is InChI=1S/C24H13N5O3S/c25-11-16-21(26-24-29(23(16)31)20(30)13-33-24)17-12-28(15-7-2-1-3-8-15)27-22(17)19-10-14-6-4-5-9-18(14)32-19/h1-10,12H,13H2. The Bertz CT molecular complexity index is 1640. The number of fused-ring (bicyclic) bond motifs is 2. The fourth-order valence-corrected chi connectivity index (χ4v) is 4.70. The minimum Gasteiger partial charge on any atom is -0.454 e. The minimum atomic E-state index is -0.671. The molecule has 2 aromatic carbocycles. The Morgan fingerprint density at radius 1 is 1.03 bits per heavy atom. The number of para-hydroxylation sites is 2. The molecule has 1 aliphatic heterocycles. The molecule has 158 valence electrons. The van der Waals surface area contributed by atoms with Gasteiger partial charge in [0.2, 0.25) is 5.91 Å². The Morgan fingerprint density at radius 3 is 2.61 bits per heavy atom. The maximum atomic E-state index is 13.0. The van der Waals surface area contributed by atoms with Crippen molar-refractivity contribution in [3.8, 4) is 34.5 Å². The molecule has 0 aliphatic carbocycles. The van der Waals surface area contributed by atoms with Crippen LogP contribution in [0.5, 0.6) is 0 Å². The third kappa shape index (κ3) is 3.00. The van der Waals surface area contributed by atoms with Crippen molar-refractivity contribution in [3.63, 3.8) is 0 Å². The summed E-state index contributed by atoms with van der Waals surface area (Å²) < 4.78 is 8.67. The van der Waals surface area contributed by atoms with Crippen molar-refractivity contribution in [1.82, 2.24) is 19.3 Å². The SMILES string of the molecule is N#Cc1c(-c2cn(-c3ccccc3)nc2-c2cc3ccccc3o2)nc2n(c1=O)C(=O)CS2. The Kier molecular flexibility index (Phi) is 4.28. The van der Waals surface area contributed by atoms with Crippen LogP contribution in [-0.4, -0.2) is 31.0 Å². The molecule has 3 aromatic heterocycles. The van der Waals surface area contributed by atoms with Gasteiger partial charge in [0.25, 0.3) is 5.56 Å². The maximum Gasteiger partial charge on any atom is 0.279 e. The van der Waals surface area contributed by atoms with Gasteiger partial charge in [-0.2, -0.15) is 10.4 Å². The number of nitriles is 1. The van der Waals surface area contributed by atoms with Crippen LogP contribution >= 0.6 is 11.8 Å². The minimum absolute atomic E-state index is 0.107. The molecular formula is C24H13N5O3S. The second-order valence-corrected chi connectivity index (χ2v) is 8.32. The van der Waals surface area contributed by atoms with E-state index in [0.717, 1.165) is 15.6 Å². The number of benzene rings is 2. The first-order chi connectivity index (χ1) is 16.1. The van der Waals surface area contributed by atoms with Crippen LogP contribution in [0.1, 0.15) is 10.4 Å². The molecule has 1 aliphatic rings. The molecule has 0 amide bonds. The van der Waals surface area contributed by atoms with E-state index in [1.807, 2.05) is 66.7 Å². The van der Waals surface area contributed by atoms with Crippen molar-refractivity contribution in [2.75, 3.05) is 5.75 Å². The number of hydrogen-bond donors (Lipinski definition) is 0. The summed E-state index contributed by atoms with van der Waals surface area (Å²) in [5, 5.41) is 15.7. The fourth-order valence-electron chi connectivity index (χ4n) is 3.85. The Balaban J connectivity index is 1.65. The first kappa shape index (κ1) is 19.3. The lowest BCUT2D eigenvalue weighted by atomic mass is 10.1. The van der Waals surface area contributed by atoms with Crippen LogP contribution in [-0.2, 0) is 0 Å². The van der Waals surface area contributed by atoms with E-state index >= 15 is 0 Å². The number of furan rings is 1. The summed E-state index contributed by atoms with van der Waals surface area (Å²) in [6.07, 6.45) is 1.72. The number of rotatable bonds is 3. The molecule has 8 nitrogen and oxygen atoms in total. The van der Waals surface area contributed by atoms with Crippen molar-refractivity contribution < 1.29 is 9.21 Å². The molecule has 9 heteroatoms. The van der Waals surface area contributed by atoms with Crippen molar-refractivity contribution in [1.29, 1.82) is 5.26 Å². The van der Waals surface area contributed by atoms with Crippen LogP contribution in [0.2, 0.25) is 0 Å². The average Bonchev–Trinajstić information content (AvgIpc) is 3.56. The van der Waals surface area contributed by atoms with Gasteiger partial charge in [-0.05, 0) is 24.3 Å². The molecule has 0 atom stereocenters. The van der Waals surface area contributed by atoms with E-state index in [-0.39, 0.29) is 28.1 Å². The Labute approximate surface area is 190 Å². The van der Waals surface area contributed by atoms with E-state index in [2.05, 4.69) is 4.98 Å². The molecule has 0 saturated carbocycles. The predicted molar refractivity (Wildman–Crippen MR) is 122 cm³/mol. The normalized spacial score (nSPS) is 12.8. The van der Waals surface area contributed by atoms with Gasteiger partial charge in [-0.25, -0.2) is 14.2 Å². The molecule has 0 spiro atoms. The molecule has 0 saturated heterocycles. The highest BCUT2D eigenvalue weighted by Gasteiger charge is 2.29. The summed E-state index contributed by atoms with van der Waals surface area (Å²) in [5.41, 5.74) is 1.69. The maximum absolute atomic E-state index is 13.0. The highest BCUT2D eigenvalue weighted by molar-refractivity contribution is 8.00. The van der Waals surface area contributed by atoms with E-state index in [9.17, 15) is 14.9 Å². The van der Waals surface area contributed by atoms with E-state index in [1.54, 1.807) is 10.9 Å². The molecule has 0 radical (unpaired) electrons.